The van der Waals surface area contributed by atoms with Gasteiger partial charge in [0.2, 0.25) is 0 Å². The average Bonchev–Trinajstić information content (AvgIpc) is 2.63. The van der Waals surface area contributed by atoms with Gasteiger partial charge in [0.15, 0.2) is 0 Å². The highest BCUT2D eigenvalue weighted by Gasteiger charge is 2.23. The van der Waals surface area contributed by atoms with Crippen LogP contribution in [0.2, 0.25) is 0 Å². The van der Waals surface area contributed by atoms with E-state index in [9.17, 15) is 30.1 Å². The lowest BCUT2D eigenvalue weighted by Crippen LogP contribution is -2.17. The summed E-state index contributed by atoms with van der Waals surface area (Å²) in [4.78, 5) is 32.7. The van der Waals surface area contributed by atoms with Crippen molar-refractivity contribution in [2.24, 2.45) is 0 Å². The van der Waals surface area contributed by atoms with Crippen molar-refractivity contribution in [1.29, 1.82) is 0 Å². The van der Waals surface area contributed by atoms with E-state index in [1.54, 1.807) is 13.8 Å². The molecule has 2 rings (SSSR count). The predicted molar refractivity (Wildman–Crippen MR) is 95.4 cm³/mol. The number of nitro benzene ring substituents is 2. The fourth-order valence-electron chi connectivity index (χ4n) is 2.44. The minimum absolute atomic E-state index is 0.130. The number of nitro groups is 2. The molecule has 0 bridgehead atoms. The van der Waals surface area contributed by atoms with Crippen molar-refractivity contribution in [3.05, 3.63) is 85.5 Å². The van der Waals surface area contributed by atoms with Gasteiger partial charge in [-0.05, 0) is 42.7 Å². The molecule has 0 saturated carbocycles. The number of aryl methyl sites for hydroxylation is 2. The molecule has 0 spiro atoms. The molecule has 0 fully saturated rings. The minimum Gasteiger partial charge on any atom is -0.423 e. The van der Waals surface area contributed by atoms with E-state index in [-0.39, 0.29) is 28.3 Å². The van der Waals surface area contributed by atoms with Crippen LogP contribution in [0.15, 0.2) is 48.6 Å². The van der Waals surface area contributed by atoms with E-state index in [2.05, 4.69) is 6.58 Å². The number of non-ortho nitro benzene ring substituents is 2. The zero-order valence-corrected chi connectivity index (χ0v) is 14.5. The standard InChI is InChI=1S/C18H16N2O7/c1-10-8-15(20(25)26)9-11(2)17(10)27-18(22)12(3)16(21)13-4-6-14(7-5-13)19(23)24/h4-9,16,21H,3H2,1-2H3/t16-/m0/s1. The number of hydrogen-bond acceptors (Lipinski definition) is 7. The Morgan fingerprint density at radius 3 is 1.96 bits per heavy atom. The van der Waals surface area contributed by atoms with Crippen LogP contribution in [0.1, 0.15) is 22.8 Å². The van der Waals surface area contributed by atoms with Crippen LogP contribution in [0, 0.1) is 34.1 Å². The molecule has 9 nitrogen and oxygen atoms in total. The maximum absolute atomic E-state index is 12.3. The third-order valence-electron chi connectivity index (χ3n) is 3.86. The number of carbonyl (C=O) groups is 1. The Morgan fingerprint density at radius 2 is 1.52 bits per heavy atom. The van der Waals surface area contributed by atoms with Gasteiger partial charge in [-0.3, -0.25) is 20.2 Å². The molecule has 140 valence electrons. The highest BCUT2D eigenvalue weighted by Crippen LogP contribution is 2.30. The fraction of sp³-hybridized carbons (Fsp3) is 0.167. The third kappa shape index (κ3) is 4.33. The monoisotopic (exact) mass is 372 g/mol. The number of nitrogens with zero attached hydrogens (tertiary/aromatic N) is 2. The lowest BCUT2D eigenvalue weighted by molar-refractivity contribution is -0.385. The number of hydrogen-bond donors (Lipinski definition) is 1. The van der Waals surface area contributed by atoms with E-state index in [0.717, 1.165) is 0 Å². The average molecular weight is 372 g/mol. The van der Waals surface area contributed by atoms with E-state index >= 15 is 0 Å². The van der Waals surface area contributed by atoms with Gasteiger partial charge < -0.3 is 9.84 Å². The number of esters is 1. The number of ether oxygens (including phenoxy) is 1. The molecule has 27 heavy (non-hydrogen) atoms. The molecule has 1 atom stereocenters. The molecular weight excluding hydrogens is 356 g/mol. The fourth-order valence-corrected chi connectivity index (χ4v) is 2.44. The molecule has 1 N–H and O–H groups in total. The second-order valence-corrected chi connectivity index (χ2v) is 5.83. The molecule has 9 heteroatoms. The molecule has 2 aromatic carbocycles. The molecule has 0 aliphatic heterocycles. The second kappa shape index (κ2) is 7.75. The first-order valence-corrected chi connectivity index (χ1v) is 7.71. The van der Waals surface area contributed by atoms with Crippen molar-refractivity contribution >= 4 is 17.3 Å². The summed E-state index contributed by atoms with van der Waals surface area (Å²) in [5, 5.41) is 31.8. The molecule has 0 saturated heterocycles. The van der Waals surface area contributed by atoms with Gasteiger partial charge in [0.05, 0.1) is 15.4 Å². The maximum atomic E-state index is 12.3. The van der Waals surface area contributed by atoms with Gasteiger partial charge in [-0.15, -0.1) is 0 Å². The molecule has 0 heterocycles. The quantitative estimate of drug-likeness (QED) is 0.270. The van der Waals surface area contributed by atoms with Crippen molar-refractivity contribution < 1.29 is 24.5 Å². The van der Waals surface area contributed by atoms with E-state index in [1.165, 1.54) is 36.4 Å². The Hall–Kier alpha value is -3.59. The van der Waals surface area contributed by atoms with Crippen LogP contribution < -0.4 is 4.74 Å². The first kappa shape index (κ1) is 19.7. The van der Waals surface area contributed by atoms with Crippen LogP contribution in [-0.2, 0) is 4.79 Å². The van der Waals surface area contributed by atoms with Gasteiger partial charge in [0.25, 0.3) is 11.4 Å². The summed E-state index contributed by atoms with van der Waals surface area (Å²) in [5.74, 6) is -0.774. The van der Waals surface area contributed by atoms with E-state index in [1.807, 2.05) is 0 Å². The van der Waals surface area contributed by atoms with E-state index in [0.29, 0.717) is 11.1 Å². The van der Waals surface area contributed by atoms with Crippen LogP contribution >= 0.6 is 0 Å². The van der Waals surface area contributed by atoms with Gasteiger partial charge in [0, 0.05) is 24.3 Å². The van der Waals surface area contributed by atoms with Crippen LogP contribution in [0.3, 0.4) is 0 Å². The summed E-state index contributed by atoms with van der Waals surface area (Å²) < 4.78 is 5.25. The first-order chi connectivity index (χ1) is 12.6. The molecule has 0 unspecified atom stereocenters. The minimum atomic E-state index is -1.42. The number of aliphatic hydroxyl groups excluding tert-OH is 1. The zero-order chi connectivity index (χ0) is 20.3. The molecule has 0 radical (unpaired) electrons. The van der Waals surface area contributed by atoms with Crippen molar-refractivity contribution in [3.63, 3.8) is 0 Å². The smallest absolute Gasteiger partial charge is 0.341 e. The summed E-state index contributed by atoms with van der Waals surface area (Å²) in [6.45, 7) is 6.63. The summed E-state index contributed by atoms with van der Waals surface area (Å²) in [6.07, 6.45) is -1.42. The van der Waals surface area contributed by atoms with Crippen LogP contribution in [-0.4, -0.2) is 20.9 Å². The molecule has 2 aromatic rings. The SMILES string of the molecule is C=C(C(=O)Oc1c(C)cc([N+](=O)[O-])cc1C)[C@H](O)c1ccc([N+](=O)[O-])cc1. The summed E-state index contributed by atoms with van der Waals surface area (Å²) >= 11 is 0. The van der Waals surface area contributed by atoms with Gasteiger partial charge in [-0.1, -0.05) is 6.58 Å². The number of benzene rings is 2. The molecule has 0 aliphatic carbocycles. The van der Waals surface area contributed by atoms with Crippen molar-refractivity contribution in [2.75, 3.05) is 0 Å². The van der Waals surface area contributed by atoms with Gasteiger partial charge in [-0.25, -0.2) is 4.79 Å². The lowest BCUT2D eigenvalue weighted by atomic mass is 10.0. The van der Waals surface area contributed by atoms with Crippen LogP contribution in [0.25, 0.3) is 0 Å². The highest BCUT2D eigenvalue weighted by molar-refractivity contribution is 5.91. The van der Waals surface area contributed by atoms with Crippen molar-refractivity contribution in [1.82, 2.24) is 0 Å². The van der Waals surface area contributed by atoms with Crippen LogP contribution in [0.5, 0.6) is 5.75 Å². The second-order valence-electron chi connectivity index (χ2n) is 5.83. The third-order valence-corrected chi connectivity index (χ3v) is 3.86. The molecule has 0 amide bonds. The number of rotatable bonds is 6. The van der Waals surface area contributed by atoms with Crippen molar-refractivity contribution in [3.8, 4) is 5.75 Å². The Morgan fingerprint density at radius 1 is 1.04 bits per heavy atom. The summed E-state index contributed by atoms with van der Waals surface area (Å²) in [7, 11) is 0. The van der Waals surface area contributed by atoms with E-state index in [4.69, 9.17) is 4.74 Å². The normalized spacial score (nSPS) is 11.5. The van der Waals surface area contributed by atoms with Crippen LogP contribution in [0.4, 0.5) is 11.4 Å². The Kier molecular flexibility index (Phi) is 5.66. The zero-order valence-electron chi connectivity index (χ0n) is 14.5. The molecule has 0 aliphatic rings. The van der Waals surface area contributed by atoms with Gasteiger partial charge >= 0.3 is 5.97 Å². The topological polar surface area (TPSA) is 133 Å². The maximum Gasteiger partial charge on any atom is 0.341 e. The Bertz CT molecular complexity index is 912. The predicted octanol–water partition coefficient (Wildman–Crippen LogP) is 3.32. The largest absolute Gasteiger partial charge is 0.423 e. The molecular formula is C18H16N2O7. The number of aliphatic hydroxyl groups is 1. The van der Waals surface area contributed by atoms with Gasteiger partial charge in [-0.2, -0.15) is 0 Å². The number of carbonyl (C=O) groups excluding carboxylic acids is 1. The summed E-state index contributed by atoms with van der Waals surface area (Å²) in [5.41, 5.74) is 0.437. The van der Waals surface area contributed by atoms with Gasteiger partial charge in [0.1, 0.15) is 11.9 Å². The Labute approximate surface area is 153 Å². The molecule has 0 aromatic heterocycles. The summed E-state index contributed by atoms with van der Waals surface area (Å²) in [6, 6.07) is 7.55. The Balaban J connectivity index is 2.19. The van der Waals surface area contributed by atoms with E-state index < -0.39 is 21.9 Å². The highest BCUT2D eigenvalue weighted by atomic mass is 16.6. The van der Waals surface area contributed by atoms with Crippen molar-refractivity contribution in [2.45, 2.75) is 20.0 Å². The first-order valence-electron chi connectivity index (χ1n) is 7.71. The lowest BCUT2D eigenvalue weighted by Gasteiger charge is -2.15.